The number of carbonyl (C=O) groups is 1. The van der Waals surface area contributed by atoms with E-state index in [2.05, 4.69) is 0 Å². The van der Waals surface area contributed by atoms with Crippen LogP contribution in [0.4, 0.5) is 0 Å². The van der Waals surface area contributed by atoms with Crippen LogP contribution < -0.4 is 5.73 Å². The van der Waals surface area contributed by atoms with Gasteiger partial charge in [-0.1, -0.05) is 13.8 Å². The summed E-state index contributed by atoms with van der Waals surface area (Å²) < 4.78 is 35.7. The number of hydrogen-bond donors (Lipinski definition) is 1. The average molecular weight is 369 g/mol. The van der Waals surface area contributed by atoms with Gasteiger partial charge in [0.2, 0.25) is 10.9 Å². The molecule has 0 aliphatic heterocycles. The largest absolute Gasteiger partial charge is 0.460 e. The van der Waals surface area contributed by atoms with Gasteiger partial charge in [-0.05, 0) is 31.4 Å². The van der Waals surface area contributed by atoms with Crippen LogP contribution in [0.2, 0.25) is 0 Å². The molecule has 9 heteroatoms. The van der Waals surface area contributed by atoms with E-state index in [0.29, 0.717) is 6.42 Å². The first-order valence-electron chi connectivity index (χ1n) is 7.19. The molecule has 0 aliphatic carbocycles. The zero-order chi connectivity index (χ0) is 16.9. The number of hydrogen-bond acceptors (Lipinski definition) is 6. The molecule has 0 aliphatic rings. The van der Waals surface area contributed by atoms with E-state index in [9.17, 15) is 13.2 Å². The Bertz CT molecular complexity index is 600. The molecule has 1 aromatic rings. The van der Waals surface area contributed by atoms with Crippen molar-refractivity contribution in [1.29, 1.82) is 0 Å². The van der Waals surface area contributed by atoms with E-state index < -0.39 is 16.0 Å². The third kappa shape index (κ3) is 5.80. The lowest BCUT2D eigenvalue weighted by Crippen LogP contribution is -2.34. The van der Waals surface area contributed by atoms with Crippen LogP contribution in [0, 0.1) is 5.92 Å². The lowest BCUT2D eigenvalue weighted by molar-refractivity contribution is 0.0484. The molecule has 0 amide bonds. The lowest BCUT2D eigenvalue weighted by Gasteiger charge is -2.20. The Balaban J connectivity index is 0.00000484. The molecule has 0 saturated heterocycles. The zero-order valence-corrected chi connectivity index (χ0v) is 15.4. The summed E-state index contributed by atoms with van der Waals surface area (Å²) in [6, 6.07) is 2.46. The van der Waals surface area contributed by atoms with Gasteiger partial charge in [-0.2, -0.15) is 4.31 Å². The number of furan rings is 1. The summed E-state index contributed by atoms with van der Waals surface area (Å²) in [5.41, 5.74) is 5.92. The number of esters is 1. The van der Waals surface area contributed by atoms with Gasteiger partial charge in [-0.3, -0.25) is 0 Å². The minimum atomic E-state index is -3.78. The van der Waals surface area contributed by atoms with Crippen molar-refractivity contribution in [1.82, 2.24) is 4.31 Å². The van der Waals surface area contributed by atoms with Gasteiger partial charge in [0.15, 0.2) is 0 Å². The summed E-state index contributed by atoms with van der Waals surface area (Å²) in [7, 11) is -2.33. The Kier molecular flexibility index (Phi) is 8.83. The standard InChI is InChI=1S/C14H24N2O5S.ClH/c1-5-20-14(17)12-6-7-13(21-12)22(18,19)16(4)9-8-11(15)10(2)3;/h6-7,10-11H,5,8-9,15H2,1-4H3;1H. The first kappa shape index (κ1) is 21.9. The molecule has 1 aromatic heterocycles. The molecule has 2 N–H and O–H groups in total. The Morgan fingerprint density at radius 2 is 2.00 bits per heavy atom. The van der Waals surface area contributed by atoms with Gasteiger partial charge < -0.3 is 14.9 Å². The van der Waals surface area contributed by atoms with Crippen molar-refractivity contribution in [2.45, 2.75) is 38.3 Å². The molecule has 134 valence electrons. The van der Waals surface area contributed by atoms with Crippen molar-refractivity contribution < 1.29 is 22.4 Å². The maximum absolute atomic E-state index is 12.3. The van der Waals surface area contributed by atoms with E-state index in [1.165, 1.54) is 23.5 Å². The minimum Gasteiger partial charge on any atom is -0.460 e. The van der Waals surface area contributed by atoms with Gasteiger partial charge in [-0.15, -0.1) is 12.4 Å². The van der Waals surface area contributed by atoms with Crippen LogP contribution >= 0.6 is 12.4 Å². The molecule has 0 fully saturated rings. The minimum absolute atomic E-state index is 0. The third-order valence-electron chi connectivity index (χ3n) is 3.36. The van der Waals surface area contributed by atoms with E-state index in [1.54, 1.807) is 6.92 Å². The molecule has 1 rings (SSSR count). The molecule has 1 heterocycles. The van der Waals surface area contributed by atoms with Crippen molar-refractivity contribution in [2.75, 3.05) is 20.2 Å². The second-order valence-corrected chi connectivity index (χ2v) is 7.34. The van der Waals surface area contributed by atoms with Crippen LogP contribution in [0.1, 0.15) is 37.7 Å². The van der Waals surface area contributed by atoms with Crippen LogP contribution in [0.15, 0.2) is 21.6 Å². The first-order chi connectivity index (χ1) is 10.2. The van der Waals surface area contributed by atoms with Crippen molar-refractivity contribution in [2.24, 2.45) is 11.7 Å². The summed E-state index contributed by atoms with van der Waals surface area (Å²) in [6.45, 7) is 6.09. The molecule has 0 bridgehead atoms. The third-order valence-corrected chi connectivity index (χ3v) is 5.09. The van der Waals surface area contributed by atoms with Crippen LogP contribution in [0.25, 0.3) is 0 Å². The molecule has 1 atom stereocenters. The van der Waals surface area contributed by atoms with E-state index >= 15 is 0 Å². The second kappa shape index (κ2) is 9.27. The van der Waals surface area contributed by atoms with Crippen molar-refractivity contribution in [3.8, 4) is 0 Å². The van der Waals surface area contributed by atoms with Crippen LogP contribution in [0.3, 0.4) is 0 Å². The Labute approximate surface area is 143 Å². The van der Waals surface area contributed by atoms with Crippen molar-refractivity contribution >= 4 is 28.4 Å². The first-order valence-corrected chi connectivity index (χ1v) is 8.63. The molecular formula is C14H25ClN2O5S. The number of halogens is 1. The molecule has 0 saturated carbocycles. The lowest BCUT2D eigenvalue weighted by atomic mass is 10.0. The number of rotatable bonds is 8. The van der Waals surface area contributed by atoms with E-state index in [1.807, 2.05) is 13.8 Å². The van der Waals surface area contributed by atoms with Gasteiger partial charge in [0.1, 0.15) is 0 Å². The number of sulfonamides is 1. The maximum atomic E-state index is 12.3. The van der Waals surface area contributed by atoms with Crippen molar-refractivity contribution in [3.05, 3.63) is 17.9 Å². The monoisotopic (exact) mass is 368 g/mol. The van der Waals surface area contributed by atoms with Gasteiger partial charge in [0.05, 0.1) is 6.61 Å². The molecule has 0 spiro atoms. The number of nitrogens with zero attached hydrogens (tertiary/aromatic N) is 1. The molecule has 7 nitrogen and oxygen atoms in total. The Hall–Kier alpha value is -1.09. The SMILES string of the molecule is CCOC(=O)c1ccc(S(=O)(=O)N(C)CCC(N)C(C)C)o1.Cl. The van der Waals surface area contributed by atoms with E-state index in [-0.39, 0.29) is 48.4 Å². The summed E-state index contributed by atoms with van der Waals surface area (Å²) >= 11 is 0. The van der Waals surface area contributed by atoms with Crippen LogP contribution in [0.5, 0.6) is 0 Å². The van der Waals surface area contributed by atoms with Gasteiger partial charge >= 0.3 is 5.97 Å². The van der Waals surface area contributed by atoms with Gasteiger partial charge in [0, 0.05) is 19.6 Å². The van der Waals surface area contributed by atoms with Gasteiger partial charge in [-0.25, -0.2) is 13.2 Å². The molecule has 1 unspecified atom stereocenters. The summed E-state index contributed by atoms with van der Waals surface area (Å²) in [5, 5.41) is -0.281. The number of nitrogens with two attached hydrogens (primary N) is 1. The van der Waals surface area contributed by atoms with E-state index in [4.69, 9.17) is 14.9 Å². The summed E-state index contributed by atoms with van der Waals surface area (Å²) in [6.07, 6.45) is 0.541. The highest BCUT2D eigenvalue weighted by Gasteiger charge is 2.26. The molecule has 0 radical (unpaired) electrons. The normalized spacial score (nSPS) is 13.0. The summed E-state index contributed by atoms with van der Waals surface area (Å²) in [4.78, 5) is 11.5. The molecule has 0 aromatic carbocycles. The number of carbonyl (C=O) groups excluding carboxylic acids is 1. The Morgan fingerprint density at radius 1 is 1.39 bits per heavy atom. The fourth-order valence-corrected chi connectivity index (χ4v) is 2.80. The predicted octanol–water partition coefficient (Wildman–Crippen LogP) is 1.87. The van der Waals surface area contributed by atoms with E-state index in [0.717, 1.165) is 0 Å². The highest BCUT2D eigenvalue weighted by Crippen LogP contribution is 2.19. The van der Waals surface area contributed by atoms with Crippen LogP contribution in [-0.2, 0) is 14.8 Å². The van der Waals surface area contributed by atoms with Crippen LogP contribution in [-0.4, -0.2) is 44.9 Å². The molecule has 23 heavy (non-hydrogen) atoms. The second-order valence-electron chi connectivity index (χ2n) is 5.36. The summed E-state index contributed by atoms with van der Waals surface area (Å²) in [5.74, 6) is -0.545. The zero-order valence-electron chi connectivity index (χ0n) is 13.8. The van der Waals surface area contributed by atoms with Crippen molar-refractivity contribution in [3.63, 3.8) is 0 Å². The smallest absolute Gasteiger partial charge is 0.374 e. The fraction of sp³-hybridized carbons (Fsp3) is 0.643. The predicted molar refractivity (Wildman–Crippen MR) is 89.2 cm³/mol. The quantitative estimate of drug-likeness (QED) is 0.702. The molecular weight excluding hydrogens is 344 g/mol. The topological polar surface area (TPSA) is 103 Å². The number of ether oxygens (including phenoxy) is 1. The average Bonchev–Trinajstić information content (AvgIpc) is 2.94. The fourth-order valence-electron chi connectivity index (χ4n) is 1.71. The highest BCUT2D eigenvalue weighted by molar-refractivity contribution is 7.89. The van der Waals surface area contributed by atoms with Gasteiger partial charge in [0.25, 0.3) is 10.0 Å². The Morgan fingerprint density at radius 3 is 2.52 bits per heavy atom. The maximum Gasteiger partial charge on any atom is 0.374 e. The highest BCUT2D eigenvalue weighted by atomic mass is 35.5.